The molecule has 0 bridgehead atoms. The Balaban J connectivity index is 2.30. The minimum atomic E-state index is 0.967. The van der Waals surface area contributed by atoms with E-state index < -0.39 is 0 Å². The van der Waals surface area contributed by atoms with Crippen LogP contribution in [0, 0.1) is 0 Å². The maximum atomic E-state index is 4.35. The van der Waals surface area contributed by atoms with Crippen molar-refractivity contribution in [2.45, 2.75) is 19.9 Å². The van der Waals surface area contributed by atoms with E-state index >= 15 is 0 Å². The number of likely N-dealkylation sites (N-methyl/N-ethyl adjacent to an activating group) is 1. The Hall–Kier alpha value is -1.42. The van der Waals surface area contributed by atoms with Crippen molar-refractivity contribution in [2.24, 2.45) is 0 Å². The molecular weight excluding hydrogens is 200 g/mol. The first-order chi connectivity index (χ1) is 7.70. The summed E-state index contributed by atoms with van der Waals surface area (Å²) in [6, 6.07) is 2.14. The number of aryl methyl sites for hydroxylation is 1. The molecule has 2 rings (SSSR count). The molecule has 0 amide bonds. The molecule has 0 aromatic carbocycles. The minimum absolute atomic E-state index is 0.967. The molecule has 4 nitrogen and oxygen atoms in total. The fourth-order valence-electron chi connectivity index (χ4n) is 1.68. The highest BCUT2D eigenvalue weighted by molar-refractivity contribution is 5.74. The van der Waals surface area contributed by atoms with Crippen molar-refractivity contribution in [2.75, 3.05) is 20.6 Å². The lowest BCUT2D eigenvalue weighted by Gasteiger charge is -2.10. The van der Waals surface area contributed by atoms with Crippen molar-refractivity contribution in [3.63, 3.8) is 0 Å². The summed E-state index contributed by atoms with van der Waals surface area (Å²) < 4.78 is 2.19. The van der Waals surface area contributed by atoms with Crippen molar-refractivity contribution >= 4 is 11.0 Å². The number of hydrogen-bond acceptors (Lipinski definition) is 3. The molecule has 16 heavy (non-hydrogen) atoms. The van der Waals surface area contributed by atoms with Gasteiger partial charge in [-0.25, -0.2) is 4.98 Å². The number of fused-ring (bicyclic) bond motifs is 1. The zero-order valence-corrected chi connectivity index (χ0v) is 10.1. The third kappa shape index (κ3) is 2.22. The average Bonchev–Trinajstić information content (AvgIpc) is 2.68. The predicted octanol–water partition coefficient (Wildman–Crippen LogP) is 1.56. The van der Waals surface area contributed by atoms with Crippen molar-refractivity contribution in [3.05, 3.63) is 24.3 Å². The van der Waals surface area contributed by atoms with E-state index in [0.717, 1.165) is 30.7 Å². The van der Waals surface area contributed by atoms with Crippen molar-refractivity contribution in [3.8, 4) is 0 Å². The van der Waals surface area contributed by atoms with Crippen molar-refractivity contribution < 1.29 is 0 Å². The summed E-state index contributed by atoms with van der Waals surface area (Å²) >= 11 is 0. The van der Waals surface area contributed by atoms with E-state index in [1.165, 1.54) is 5.52 Å². The van der Waals surface area contributed by atoms with Gasteiger partial charge in [-0.3, -0.25) is 4.98 Å². The summed E-state index contributed by atoms with van der Waals surface area (Å²) in [5.41, 5.74) is 3.30. The van der Waals surface area contributed by atoms with Crippen LogP contribution in [0.1, 0.15) is 12.6 Å². The van der Waals surface area contributed by atoms with Crippen LogP contribution in [0.2, 0.25) is 0 Å². The first-order valence-electron chi connectivity index (χ1n) is 5.65. The SMILES string of the molecule is CCc1cc2c(cn1)ncn2CCN(C)C. The molecule has 0 spiro atoms. The average molecular weight is 218 g/mol. The largest absolute Gasteiger partial charge is 0.329 e. The molecule has 2 aromatic rings. The molecule has 0 aliphatic carbocycles. The molecule has 2 heterocycles. The highest BCUT2D eigenvalue weighted by Crippen LogP contribution is 2.13. The first kappa shape index (κ1) is 11.1. The molecule has 2 aromatic heterocycles. The lowest BCUT2D eigenvalue weighted by molar-refractivity contribution is 0.386. The second-order valence-corrected chi connectivity index (χ2v) is 4.26. The summed E-state index contributed by atoms with van der Waals surface area (Å²) in [4.78, 5) is 10.9. The normalized spacial score (nSPS) is 11.5. The second-order valence-electron chi connectivity index (χ2n) is 4.26. The summed E-state index contributed by atoms with van der Waals surface area (Å²) in [5, 5.41) is 0. The Morgan fingerprint density at radius 2 is 2.12 bits per heavy atom. The Labute approximate surface area is 95.9 Å². The Kier molecular flexibility index (Phi) is 3.19. The molecule has 0 aliphatic heterocycles. The Morgan fingerprint density at radius 3 is 2.81 bits per heavy atom. The van der Waals surface area contributed by atoms with E-state index in [0.29, 0.717) is 0 Å². The van der Waals surface area contributed by atoms with Crippen LogP contribution in [-0.2, 0) is 13.0 Å². The molecule has 0 saturated carbocycles. The molecule has 0 aliphatic rings. The van der Waals surface area contributed by atoms with Gasteiger partial charge >= 0.3 is 0 Å². The maximum Gasteiger partial charge on any atom is 0.107 e. The molecule has 0 atom stereocenters. The van der Waals surface area contributed by atoms with Crippen molar-refractivity contribution in [1.82, 2.24) is 19.4 Å². The number of imidazole rings is 1. The van der Waals surface area contributed by atoms with Crippen molar-refractivity contribution in [1.29, 1.82) is 0 Å². The van der Waals surface area contributed by atoms with Crippen LogP contribution in [-0.4, -0.2) is 40.1 Å². The summed E-state index contributed by atoms with van der Waals surface area (Å²) in [5.74, 6) is 0. The molecule has 0 unspecified atom stereocenters. The van der Waals surface area contributed by atoms with E-state index in [2.05, 4.69) is 46.5 Å². The van der Waals surface area contributed by atoms with Gasteiger partial charge in [-0.1, -0.05) is 6.92 Å². The summed E-state index contributed by atoms with van der Waals surface area (Å²) in [6.07, 6.45) is 4.73. The van der Waals surface area contributed by atoms with E-state index in [9.17, 15) is 0 Å². The van der Waals surface area contributed by atoms with E-state index in [-0.39, 0.29) is 0 Å². The molecule has 0 saturated heterocycles. The lowest BCUT2D eigenvalue weighted by atomic mass is 10.2. The molecule has 0 N–H and O–H groups in total. The maximum absolute atomic E-state index is 4.35. The van der Waals surface area contributed by atoms with Gasteiger partial charge in [0.1, 0.15) is 5.52 Å². The smallest absolute Gasteiger partial charge is 0.107 e. The number of rotatable bonds is 4. The van der Waals surface area contributed by atoms with Crippen LogP contribution in [0.5, 0.6) is 0 Å². The molecule has 86 valence electrons. The molecule has 0 fully saturated rings. The predicted molar refractivity (Wildman–Crippen MR) is 65.5 cm³/mol. The van der Waals surface area contributed by atoms with Gasteiger partial charge in [0.15, 0.2) is 0 Å². The molecule has 0 radical (unpaired) electrons. The fourth-order valence-corrected chi connectivity index (χ4v) is 1.68. The zero-order chi connectivity index (χ0) is 11.5. The van der Waals surface area contributed by atoms with Crippen LogP contribution < -0.4 is 0 Å². The van der Waals surface area contributed by atoms with Crippen LogP contribution in [0.4, 0.5) is 0 Å². The lowest BCUT2D eigenvalue weighted by Crippen LogP contribution is -2.17. The van der Waals surface area contributed by atoms with E-state index in [4.69, 9.17) is 0 Å². The Morgan fingerprint density at radius 1 is 1.31 bits per heavy atom. The zero-order valence-electron chi connectivity index (χ0n) is 10.1. The number of hydrogen-bond donors (Lipinski definition) is 0. The third-order valence-corrected chi connectivity index (χ3v) is 2.71. The first-order valence-corrected chi connectivity index (χ1v) is 5.65. The van der Waals surface area contributed by atoms with E-state index in [1.54, 1.807) is 0 Å². The summed E-state index contributed by atoms with van der Waals surface area (Å²) in [7, 11) is 4.16. The minimum Gasteiger partial charge on any atom is -0.329 e. The molecule has 4 heteroatoms. The summed E-state index contributed by atoms with van der Waals surface area (Å²) in [6.45, 7) is 4.11. The van der Waals surface area contributed by atoms with Gasteiger partial charge in [0.25, 0.3) is 0 Å². The van der Waals surface area contributed by atoms with Gasteiger partial charge in [-0.15, -0.1) is 0 Å². The Bertz CT molecular complexity index is 473. The number of pyridine rings is 1. The van der Waals surface area contributed by atoms with Gasteiger partial charge in [-0.05, 0) is 26.6 Å². The second kappa shape index (κ2) is 4.61. The van der Waals surface area contributed by atoms with Crippen LogP contribution >= 0.6 is 0 Å². The number of nitrogens with zero attached hydrogens (tertiary/aromatic N) is 4. The fraction of sp³-hybridized carbons (Fsp3) is 0.500. The van der Waals surface area contributed by atoms with E-state index in [1.807, 2.05) is 12.5 Å². The highest BCUT2D eigenvalue weighted by Gasteiger charge is 2.04. The monoisotopic (exact) mass is 218 g/mol. The highest BCUT2D eigenvalue weighted by atomic mass is 15.1. The van der Waals surface area contributed by atoms with Crippen LogP contribution in [0.25, 0.3) is 11.0 Å². The quantitative estimate of drug-likeness (QED) is 0.781. The topological polar surface area (TPSA) is 34.0 Å². The van der Waals surface area contributed by atoms with Gasteiger partial charge in [-0.2, -0.15) is 0 Å². The van der Waals surface area contributed by atoms with Gasteiger partial charge in [0, 0.05) is 18.8 Å². The number of aromatic nitrogens is 3. The van der Waals surface area contributed by atoms with Gasteiger partial charge in [0.2, 0.25) is 0 Å². The van der Waals surface area contributed by atoms with Crippen LogP contribution in [0.3, 0.4) is 0 Å². The molecular formula is C12H18N4. The standard InChI is InChI=1S/C12H18N4/c1-4-10-7-12-11(8-13-10)14-9-16(12)6-5-15(2)3/h7-9H,4-6H2,1-3H3. The third-order valence-electron chi connectivity index (χ3n) is 2.71. The van der Waals surface area contributed by atoms with Gasteiger partial charge in [0.05, 0.1) is 18.0 Å². The van der Waals surface area contributed by atoms with Gasteiger partial charge < -0.3 is 9.47 Å². The van der Waals surface area contributed by atoms with Crippen LogP contribution in [0.15, 0.2) is 18.6 Å².